The molecule has 0 aliphatic heterocycles. The van der Waals surface area contributed by atoms with Crippen molar-refractivity contribution in [1.29, 1.82) is 0 Å². The van der Waals surface area contributed by atoms with Crippen molar-refractivity contribution < 1.29 is 13.2 Å². The number of hydrogen-bond donors (Lipinski definition) is 1. The summed E-state index contributed by atoms with van der Waals surface area (Å²) >= 11 is 0. The number of benzene rings is 2. The lowest BCUT2D eigenvalue weighted by Crippen LogP contribution is -2.22. The van der Waals surface area contributed by atoms with Crippen LogP contribution in [-0.2, 0) is 12.8 Å². The Labute approximate surface area is 190 Å². The average molecular weight is 445 g/mol. The molecule has 2 aromatic carbocycles. The van der Waals surface area contributed by atoms with Gasteiger partial charge in [-0.15, -0.1) is 0 Å². The van der Waals surface area contributed by atoms with E-state index in [0.29, 0.717) is 24.2 Å². The molecule has 0 radical (unpaired) electrons. The summed E-state index contributed by atoms with van der Waals surface area (Å²) in [5.41, 5.74) is 4.62. The summed E-state index contributed by atoms with van der Waals surface area (Å²) in [5.74, 6) is 0.478. The summed E-state index contributed by atoms with van der Waals surface area (Å²) in [6, 6.07) is 11.6. The molecule has 0 aliphatic rings. The van der Waals surface area contributed by atoms with E-state index in [9.17, 15) is 13.2 Å². The minimum atomic E-state index is -4.56. The van der Waals surface area contributed by atoms with Crippen LogP contribution in [0, 0.1) is 0 Å². The highest BCUT2D eigenvalue weighted by Gasteiger charge is 2.35. The molecule has 0 heterocycles. The molecule has 0 saturated heterocycles. The Morgan fingerprint density at radius 1 is 0.906 bits per heavy atom. The SMILES string of the molecule is CCc1cccc(CC)c1N=C(/C=C(\C)Nc1c(C(C)C)cccc1C(C)C)C(F)(F)F. The van der Waals surface area contributed by atoms with Gasteiger partial charge in [0.15, 0.2) is 0 Å². The van der Waals surface area contributed by atoms with Gasteiger partial charge in [-0.2, -0.15) is 13.2 Å². The molecule has 2 nitrogen and oxygen atoms in total. The Kier molecular flexibility index (Phi) is 8.71. The summed E-state index contributed by atoms with van der Waals surface area (Å²) in [6.45, 7) is 13.9. The summed E-state index contributed by atoms with van der Waals surface area (Å²) < 4.78 is 42.0. The zero-order valence-corrected chi connectivity index (χ0v) is 20.2. The quantitative estimate of drug-likeness (QED) is 0.405. The van der Waals surface area contributed by atoms with Gasteiger partial charge in [-0.25, -0.2) is 4.99 Å². The van der Waals surface area contributed by atoms with Gasteiger partial charge in [0.05, 0.1) is 5.69 Å². The van der Waals surface area contributed by atoms with Crippen molar-refractivity contribution >= 4 is 17.1 Å². The highest BCUT2D eigenvalue weighted by atomic mass is 19.4. The van der Waals surface area contributed by atoms with Crippen molar-refractivity contribution in [3.05, 3.63) is 70.4 Å². The Hall–Kier alpha value is -2.56. The first-order valence-corrected chi connectivity index (χ1v) is 11.3. The second-order valence-corrected chi connectivity index (χ2v) is 8.70. The second kappa shape index (κ2) is 10.8. The third-order valence-electron chi connectivity index (χ3n) is 5.54. The molecule has 0 aliphatic carbocycles. The minimum Gasteiger partial charge on any atom is -0.359 e. The Bertz CT molecular complexity index is 934. The fourth-order valence-corrected chi connectivity index (χ4v) is 3.79. The van der Waals surface area contributed by atoms with Gasteiger partial charge in [-0.1, -0.05) is 77.9 Å². The first-order chi connectivity index (χ1) is 15.0. The van der Waals surface area contributed by atoms with Crippen molar-refractivity contribution in [2.24, 2.45) is 4.99 Å². The van der Waals surface area contributed by atoms with E-state index in [1.54, 1.807) is 6.92 Å². The first-order valence-electron chi connectivity index (χ1n) is 11.3. The standard InChI is InChI=1S/C27H35F3N2/c1-8-20-12-10-13-21(9-2)25(20)32-24(27(28,29)30)16-19(7)31-26-22(17(3)4)14-11-15-23(26)18(5)6/h10-18,31H,8-9H2,1-7H3/b19-16+,32-24?. The number of anilines is 1. The van der Waals surface area contributed by atoms with Gasteiger partial charge in [-0.05, 0) is 59.9 Å². The van der Waals surface area contributed by atoms with Crippen LogP contribution in [0.25, 0.3) is 0 Å². The number of allylic oxidation sites excluding steroid dienone is 2. The van der Waals surface area contributed by atoms with E-state index in [4.69, 9.17) is 0 Å². The molecule has 2 rings (SSSR count). The molecular formula is C27H35F3N2. The predicted octanol–water partition coefficient (Wildman–Crippen LogP) is 8.71. The maximum Gasteiger partial charge on any atom is 0.433 e. The lowest BCUT2D eigenvalue weighted by Gasteiger charge is -2.21. The molecule has 1 N–H and O–H groups in total. The summed E-state index contributed by atoms with van der Waals surface area (Å²) in [5, 5.41) is 3.27. The minimum absolute atomic E-state index is 0.239. The van der Waals surface area contributed by atoms with Crippen LogP contribution in [0.2, 0.25) is 0 Å². The molecule has 2 aromatic rings. The van der Waals surface area contributed by atoms with Crippen molar-refractivity contribution in [3.8, 4) is 0 Å². The molecule has 0 saturated carbocycles. The lowest BCUT2D eigenvalue weighted by molar-refractivity contribution is -0.0576. The Balaban J connectivity index is 2.59. The van der Waals surface area contributed by atoms with E-state index in [1.165, 1.54) is 0 Å². The topological polar surface area (TPSA) is 24.4 Å². The summed E-state index contributed by atoms with van der Waals surface area (Å²) in [7, 11) is 0. The molecule has 32 heavy (non-hydrogen) atoms. The molecule has 0 spiro atoms. The van der Waals surface area contributed by atoms with E-state index in [0.717, 1.165) is 34.0 Å². The molecule has 0 atom stereocenters. The van der Waals surface area contributed by atoms with Crippen LogP contribution in [0.15, 0.2) is 53.2 Å². The maximum atomic E-state index is 14.0. The molecular weight excluding hydrogens is 409 g/mol. The average Bonchev–Trinajstić information content (AvgIpc) is 2.72. The van der Waals surface area contributed by atoms with Gasteiger partial charge in [0.1, 0.15) is 5.71 Å². The fraction of sp³-hybridized carbons (Fsp3) is 0.444. The number of aryl methyl sites for hydroxylation is 2. The zero-order chi connectivity index (χ0) is 24.1. The van der Waals surface area contributed by atoms with Gasteiger partial charge in [-0.3, -0.25) is 0 Å². The number of nitrogens with one attached hydrogen (secondary N) is 1. The van der Waals surface area contributed by atoms with Gasteiger partial charge in [0, 0.05) is 11.4 Å². The summed E-state index contributed by atoms with van der Waals surface area (Å²) in [4.78, 5) is 4.14. The van der Waals surface area contributed by atoms with Gasteiger partial charge in [0.2, 0.25) is 0 Å². The van der Waals surface area contributed by atoms with Crippen LogP contribution in [0.3, 0.4) is 0 Å². The Morgan fingerprint density at radius 3 is 1.78 bits per heavy atom. The summed E-state index contributed by atoms with van der Waals surface area (Å²) in [6.07, 6.45) is -2.20. The molecule has 0 bridgehead atoms. The van der Waals surface area contributed by atoms with Crippen LogP contribution in [0.4, 0.5) is 24.5 Å². The number of halogens is 3. The molecule has 174 valence electrons. The van der Waals surface area contributed by atoms with Crippen molar-refractivity contribution in [1.82, 2.24) is 0 Å². The number of hydrogen-bond acceptors (Lipinski definition) is 2. The van der Waals surface area contributed by atoms with Crippen molar-refractivity contribution in [2.45, 2.75) is 79.3 Å². The lowest BCUT2D eigenvalue weighted by atomic mass is 9.92. The van der Waals surface area contributed by atoms with Crippen LogP contribution in [0.1, 0.15) is 82.6 Å². The van der Waals surface area contributed by atoms with E-state index in [1.807, 2.05) is 50.2 Å². The highest BCUT2D eigenvalue weighted by Crippen LogP contribution is 2.34. The van der Waals surface area contributed by atoms with Gasteiger partial charge in [0.25, 0.3) is 0 Å². The number of alkyl halides is 3. The Morgan fingerprint density at radius 2 is 1.38 bits per heavy atom. The third-order valence-corrected chi connectivity index (χ3v) is 5.54. The van der Waals surface area contributed by atoms with Crippen LogP contribution in [-0.4, -0.2) is 11.9 Å². The van der Waals surface area contributed by atoms with E-state index in [2.05, 4.69) is 38.0 Å². The largest absolute Gasteiger partial charge is 0.433 e. The number of aliphatic imine (C=N–C) groups is 1. The van der Waals surface area contributed by atoms with Crippen molar-refractivity contribution in [3.63, 3.8) is 0 Å². The molecule has 0 unspecified atom stereocenters. The normalized spacial score (nSPS) is 13.2. The predicted molar refractivity (Wildman–Crippen MR) is 130 cm³/mol. The molecule has 0 fully saturated rings. The van der Waals surface area contributed by atoms with Crippen molar-refractivity contribution in [2.75, 3.05) is 5.32 Å². The highest BCUT2D eigenvalue weighted by molar-refractivity contribution is 6.02. The van der Waals surface area contributed by atoms with Crippen LogP contribution < -0.4 is 5.32 Å². The van der Waals surface area contributed by atoms with Crippen LogP contribution in [0.5, 0.6) is 0 Å². The number of nitrogens with zero attached hydrogens (tertiary/aromatic N) is 1. The van der Waals surface area contributed by atoms with Gasteiger partial charge < -0.3 is 5.32 Å². The smallest absolute Gasteiger partial charge is 0.359 e. The third kappa shape index (κ3) is 6.24. The zero-order valence-electron chi connectivity index (χ0n) is 20.2. The number of para-hydroxylation sites is 2. The van der Waals surface area contributed by atoms with E-state index < -0.39 is 11.9 Å². The molecule has 0 aromatic heterocycles. The van der Waals surface area contributed by atoms with Gasteiger partial charge >= 0.3 is 6.18 Å². The number of rotatable bonds is 8. The first kappa shape index (κ1) is 25.7. The fourth-order valence-electron chi connectivity index (χ4n) is 3.79. The monoisotopic (exact) mass is 444 g/mol. The van der Waals surface area contributed by atoms with E-state index >= 15 is 0 Å². The maximum absolute atomic E-state index is 14.0. The molecule has 5 heteroatoms. The van der Waals surface area contributed by atoms with E-state index in [-0.39, 0.29) is 11.8 Å². The molecule has 0 amide bonds. The van der Waals surface area contributed by atoms with Crippen LogP contribution >= 0.6 is 0 Å². The second-order valence-electron chi connectivity index (χ2n) is 8.70.